The van der Waals surface area contributed by atoms with Crippen molar-refractivity contribution in [2.24, 2.45) is 0 Å². The van der Waals surface area contributed by atoms with Crippen molar-refractivity contribution >= 4 is 15.9 Å². The molecule has 2 unspecified atom stereocenters. The van der Waals surface area contributed by atoms with Gasteiger partial charge in [-0.3, -0.25) is 4.68 Å². The molecule has 1 aliphatic heterocycles. The van der Waals surface area contributed by atoms with E-state index in [1.165, 1.54) is 18.5 Å². The topological polar surface area (TPSA) is 42.3 Å². The van der Waals surface area contributed by atoms with Crippen molar-refractivity contribution in [2.45, 2.75) is 44.9 Å². The minimum Gasteiger partial charge on any atom is -0.376 e. The quantitative estimate of drug-likeness (QED) is 0.812. The highest BCUT2D eigenvalue weighted by atomic mass is 79.9. The minimum atomic E-state index is 0.203. The third kappa shape index (κ3) is 4.52. The summed E-state index contributed by atoms with van der Waals surface area (Å²) in [5.41, 5.74) is 1.21. The SMILES string of the molecule is CCNC(c1c(Br)cnn1CCN(C)C)C1CCCCO1. The molecule has 0 aromatic carbocycles. The molecule has 6 heteroatoms. The number of rotatable bonds is 7. The van der Waals surface area contributed by atoms with Crippen LogP contribution < -0.4 is 5.32 Å². The molecule has 0 saturated carbocycles. The van der Waals surface area contributed by atoms with Crippen LogP contribution in [0.3, 0.4) is 0 Å². The Kier molecular flexibility index (Phi) is 6.67. The Hall–Kier alpha value is -0.430. The Balaban J connectivity index is 2.19. The third-order valence-corrected chi connectivity index (χ3v) is 4.51. The van der Waals surface area contributed by atoms with E-state index in [2.05, 4.69) is 56.9 Å². The highest BCUT2D eigenvalue weighted by Crippen LogP contribution is 2.31. The molecule has 0 radical (unpaired) electrons. The van der Waals surface area contributed by atoms with Gasteiger partial charge in [0.05, 0.1) is 35.1 Å². The summed E-state index contributed by atoms with van der Waals surface area (Å²) in [4.78, 5) is 2.18. The first-order valence-electron chi connectivity index (χ1n) is 7.84. The fraction of sp³-hybridized carbons (Fsp3) is 0.800. The molecule has 1 aromatic heterocycles. The number of likely N-dealkylation sites (N-methyl/N-ethyl adjacent to an activating group) is 2. The van der Waals surface area contributed by atoms with Crippen LogP contribution in [0.4, 0.5) is 0 Å². The second-order valence-corrected chi connectivity index (χ2v) is 6.70. The Morgan fingerprint density at radius 1 is 1.52 bits per heavy atom. The number of halogens is 1. The Morgan fingerprint density at radius 3 is 2.95 bits per heavy atom. The maximum atomic E-state index is 6.02. The van der Waals surface area contributed by atoms with Gasteiger partial charge in [-0.1, -0.05) is 6.92 Å². The van der Waals surface area contributed by atoms with E-state index in [0.29, 0.717) is 0 Å². The van der Waals surface area contributed by atoms with Crippen LogP contribution in [0.5, 0.6) is 0 Å². The number of hydrogen-bond donors (Lipinski definition) is 1. The summed E-state index contributed by atoms with van der Waals surface area (Å²) >= 11 is 3.67. The summed E-state index contributed by atoms with van der Waals surface area (Å²) in [6.45, 7) is 5.81. The zero-order chi connectivity index (χ0) is 15.2. The van der Waals surface area contributed by atoms with Crippen LogP contribution in [-0.4, -0.2) is 54.6 Å². The second-order valence-electron chi connectivity index (χ2n) is 5.84. The number of hydrogen-bond acceptors (Lipinski definition) is 4. The number of ether oxygens (including phenoxy) is 1. The predicted octanol–water partition coefficient (Wildman–Crippen LogP) is 2.43. The summed E-state index contributed by atoms with van der Waals surface area (Å²) in [5, 5.41) is 8.13. The molecule has 1 fully saturated rings. The van der Waals surface area contributed by atoms with Crippen molar-refractivity contribution in [3.05, 3.63) is 16.4 Å². The van der Waals surface area contributed by atoms with Gasteiger partial charge in [0.1, 0.15) is 0 Å². The molecule has 2 rings (SSSR count). The first-order chi connectivity index (χ1) is 10.1. The summed E-state index contributed by atoms with van der Waals surface area (Å²) in [7, 11) is 4.18. The highest BCUT2D eigenvalue weighted by Gasteiger charge is 2.29. The van der Waals surface area contributed by atoms with Gasteiger partial charge in [-0.15, -0.1) is 0 Å². The number of aromatic nitrogens is 2. The predicted molar refractivity (Wildman–Crippen MR) is 88.5 cm³/mol. The van der Waals surface area contributed by atoms with Crippen molar-refractivity contribution in [3.8, 4) is 0 Å². The maximum absolute atomic E-state index is 6.02. The van der Waals surface area contributed by atoms with E-state index >= 15 is 0 Å². The van der Waals surface area contributed by atoms with Crippen molar-refractivity contribution in [1.29, 1.82) is 0 Å². The summed E-state index contributed by atoms with van der Waals surface area (Å²) in [5.74, 6) is 0. The van der Waals surface area contributed by atoms with E-state index in [9.17, 15) is 0 Å². The normalized spacial score (nSPS) is 20.9. The van der Waals surface area contributed by atoms with Crippen molar-refractivity contribution < 1.29 is 4.74 Å². The zero-order valence-electron chi connectivity index (χ0n) is 13.3. The van der Waals surface area contributed by atoms with Gasteiger partial charge in [-0.25, -0.2) is 0 Å². The average molecular weight is 359 g/mol. The molecule has 1 aromatic rings. The van der Waals surface area contributed by atoms with Gasteiger partial charge in [-0.05, 0) is 55.8 Å². The molecule has 2 heterocycles. The standard InChI is InChI=1S/C15H27BrN4O/c1-4-17-14(13-7-5-6-10-21-13)15-12(16)11-18-20(15)9-8-19(2)3/h11,13-14,17H,4-10H2,1-3H3. The number of nitrogens with one attached hydrogen (secondary N) is 1. The van der Waals surface area contributed by atoms with Gasteiger partial charge in [0.25, 0.3) is 0 Å². The van der Waals surface area contributed by atoms with E-state index in [-0.39, 0.29) is 12.1 Å². The van der Waals surface area contributed by atoms with Gasteiger partial charge in [-0.2, -0.15) is 5.10 Å². The first kappa shape index (κ1) is 16.9. The van der Waals surface area contributed by atoms with E-state index in [4.69, 9.17) is 4.74 Å². The molecular weight excluding hydrogens is 332 g/mol. The van der Waals surface area contributed by atoms with E-state index < -0.39 is 0 Å². The fourth-order valence-corrected chi connectivity index (χ4v) is 3.35. The second kappa shape index (κ2) is 8.27. The lowest BCUT2D eigenvalue weighted by molar-refractivity contribution is -0.00988. The lowest BCUT2D eigenvalue weighted by Crippen LogP contribution is -2.38. The molecule has 0 spiro atoms. The smallest absolute Gasteiger partial charge is 0.0785 e. The van der Waals surface area contributed by atoms with Gasteiger partial charge in [0.2, 0.25) is 0 Å². The molecule has 21 heavy (non-hydrogen) atoms. The molecule has 5 nitrogen and oxygen atoms in total. The van der Waals surface area contributed by atoms with Crippen LogP contribution in [0.2, 0.25) is 0 Å². The first-order valence-corrected chi connectivity index (χ1v) is 8.63. The minimum absolute atomic E-state index is 0.203. The monoisotopic (exact) mass is 358 g/mol. The Labute approximate surface area is 136 Å². The molecular formula is C15H27BrN4O. The van der Waals surface area contributed by atoms with Gasteiger partial charge in [0, 0.05) is 13.2 Å². The Bertz CT molecular complexity index is 429. The largest absolute Gasteiger partial charge is 0.376 e. The van der Waals surface area contributed by atoms with Crippen molar-refractivity contribution in [3.63, 3.8) is 0 Å². The molecule has 0 aliphatic carbocycles. The highest BCUT2D eigenvalue weighted by molar-refractivity contribution is 9.10. The maximum Gasteiger partial charge on any atom is 0.0785 e. The summed E-state index contributed by atoms with van der Waals surface area (Å²) in [6.07, 6.45) is 5.68. The van der Waals surface area contributed by atoms with Crippen LogP contribution in [0.1, 0.15) is 37.9 Å². The average Bonchev–Trinajstić information content (AvgIpc) is 2.84. The molecule has 0 amide bonds. The van der Waals surface area contributed by atoms with Crippen LogP contribution in [-0.2, 0) is 11.3 Å². The van der Waals surface area contributed by atoms with E-state index in [1.807, 2.05) is 6.20 Å². The zero-order valence-corrected chi connectivity index (χ0v) is 14.9. The van der Waals surface area contributed by atoms with Gasteiger partial charge < -0.3 is 15.0 Å². The molecule has 2 atom stereocenters. The fourth-order valence-electron chi connectivity index (χ4n) is 2.81. The van der Waals surface area contributed by atoms with Crippen molar-refractivity contribution in [2.75, 3.05) is 33.8 Å². The third-order valence-electron chi connectivity index (χ3n) is 3.90. The molecule has 1 saturated heterocycles. The molecule has 1 N–H and O–H groups in total. The molecule has 0 bridgehead atoms. The van der Waals surface area contributed by atoms with E-state index in [0.717, 1.165) is 37.1 Å². The van der Waals surface area contributed by atoms with Crippen LogP contribution >= 0.6 is 15.9 Å². The molecule has 120 valence electrons. The lowest BCUT2D eigenvalue weighted by atomic mass is 9.99. The lowest BCUT2D eigenvalue weighted by Gasteiger charge is -2.32. The van der Waals surface area contributed by atoms with Crippen LogP contribution in [0.15, 0.2) is 10.7 Å². The van der Waals surface area contributed by atoms with Gasteiger partial charge >= 0.3 is 0 Å². The summed E-state index contributed by atoms with van der Waals surface area (Å²) < 4.78 is 9.19. The summed E-state index contributed by atoms with van der Waals surface area (Å²) in [6, 6.07) is 0.203. The van der Waals surface area contributed by atoms with Gasteiger partial charge in [0.15, 0.2) is 0 Å². The Morgan fingerprint density at radius 2 is 2.33 bits per heavy atom. The van der Waals surface area contributed by atoms with E-state index in [1.54, 1.807) is 0 Å². The van der Waals surface area contributed by atoms with Crippen LogP contribution in [0.25, 0.3) is 0 Å². The number of nitrogens with zero attached hydrogens (tertiary/aromatic N) is 3. The van der Waals surface area contributed by atoms with Crippen LogP contribution in [0, 0.1) is 0 Å². The molecule has 1 aliphatic rings. The van der Waals surface area contributed by atoms with Crippen molar-refractivity contribution in [1.82, 2.24) is 20.0 Å².